The van der Waals surface area contributed by atoms with Crippen LogP contribution < -0.4 is 5.32 Å². The average molecular weight is 309 g/mol. The van der Waals surface area contributed by atoms with Crippen molar-refractivity contribution in [3.05, 3.63) is 57.4 Å². The highest BCUT2D eigenvalue weighted by Gasteiger charge is 2.24. The lowest BCUT2D eigenvalue weighted by Gasteiger charge is -2.13. The topological polar surface area (TPSA) is 71.4 Å². The zero-order valence-electron chi connectivity index (χ0n) is 11.6. The maximum Gasteiger partial charge on any atom is 0.319 e. The van der Waals surface area contributed by atoms with E-state index in [0.717, 1.165) is 5.56 Å². The minimum Gasteiger partial charge on any atom is -0.337 e. The van der Waals surface area contributed by atoms with Crippen molar-refractivity contribution in [2.24, 2.45) is 5.18 Å². The van der Waals surface area contributed by atoms with E-state index >= 15 is 0 Å². The molecule has 22 heavy (non-hydrogen) atoms. The van der Waals surface area contributed by atoms with Crippen LogP contribution in [0, 0.1) is 36.2 Å². The molecule has 1 aromatic heterocycles. The summed E-state index contributed by atoms with van der Waals surface area (Å²) in [6.45, 7) is 3.44. The molecule has 1 amide bonds. The van der Waals surface area contributed by atoms with Crippen LogP contribution in [0.3, 0.4) is 0 Å². The van der Waals surface area contributed by atoms with Gasteiger partial charge in [0.05, 0.1) is 11.3 Å². The van der Waals surface area contributed by atoms with Crippen molar-refractivity contribution in [3.63, 3.8) is 0 Å². The second-order valence-corrected chi connectivity index (χ2v) is 4.61. The first kappa shape index (κ1) is 15.6. The number of nitroso groups, excluding NO2 is 1. The standard InChI is InChI=1S/C14H10F3N3O2/c1-6-3-7(2)13(18-5-6)19-12-8(14(21)20-22)4-9(15)10(16)11(12)17/h3-5H,1-2H3,(H,18,19). The molecule has 2 rings (SSSR count). The summed E-state index contributed by atoms with van der Waals surface area (Å²) in [5.41, 5.74) is 0.0115. The van der Waals surface area contributed by atoms with Crippen molar-refractivity contribution in [1.82, 2.24) is 4.98 Å². The zero-order valence-corrected chi connectivity index (χ0v) is 11.6. The SMILES string of the molecule is Cc1cnc(Nc2c(C(=O)N=O)cc(F)c(F)c2F)c(C)c1. The molecule has 0 fully saturated rings. The van der Waals surface area contributed by atoms with Gasteiger partial charge < -0.3 is 5.32 Å². The summed E-state index contributed by atoms with van der Waals surface area (Å²) in [4.78, 5) is 25.7. The van der Waals surface area contributed by atoms with Crippen LogP contribution in [0.25, 0.3) is 0 Å². The molecule has 1 N–H and O–H groups in total. The predicted octanol–water partition coefficient (Wildman–Crippen LogP) is 3.77. The molecule has 114 valence electrons. The van der Waals surface area contributed by atoms with E-state index in [1.165, 1.54) is 6.20 Å². The number of nitrogens with zero attached hydrogens (tertiary/aromatic N) is 2. The monoisotopic (exact) mass is 309 g/mol. The fraction of sp³-hybridized carbons (Fsp3) is 0.143. The molecule has 0 radical (unpaired) electrons. The molecule has 0 aliphatic heterocycles. The number of aromatic nitrogens is 1. The van der Waals surface area contributed by atoms with Crippen molar-refractivity contribution < 1.29 is 18.0 Å². The van der Waals surface area contributed by atoms with Crippen molar-refractivity contribution in [2.45, 2.75) is 13.8 Å². The summed E-state index contributed by atoms with van der Waals surface area (Å²) >= 11 is 0. The highest BCUT2D eigenvalue weighted by molar-refractivity contribution is 6.01. The Morgan fingerprint density at radius 2 is 1.86 bits per heavy atom. The van der Waals surface area contributed by atoms with E-state index in [9.17, 15) is 22.9 Å². The molecule has 0 aliphatic carbocycles. The van der Waals surface area contributed by atoms with Crippen LogP contribution in [-0.4, -0.2) is 10.9 Å². The lowest BCUT2D eigenvalue weighted by molar-refractivity contribution is 0.100. The largest absolute Gasteiger partial charge is 0.337 e. The quantitative estimate of drug-likeness (QED) is 0.692. The minimum atomic E-state index is -1.77. The normalized spacial score (nSPS) is 10.4. The summed E-state index contributed by atoms with van der Waals surface area (Å²) in [5.74, 6) is -6.28. The van der Waals surface area contributed by atoms with E-state index in [1.54, 1.807) is 19.9 Å². The molecule has 0 bridgehead atoms. The van der Waals surface area contributed by atoms with Gasteiger partial charge in [-0.25, -0.2) is 18.2 Å². The fourth-order valence-corrected chi connectivity index (χ4v) is 1.90. The van der Waals surface area contributed by atoms with Gasteiger partial charge in [0.15, 0.2) is 17.5 Å². The van der Waals surface area contributed by atoms with Gasteiger partial charge in [-0.3, -0.25) is 4.79 Å². The number of rotatable bonds is 3. The second kappa shape index (κ2) is 5.92. The highest BCUT2D eigenvalue weighted by Crippen LogP contribution is 2.29. The van der Waals surface area contributed by atoms with Crippen LogP contribution in [0.1, 0.15) is 21.5 Å². The molecule has 0 unspecified atom stereocenters. The Bertz CT molecular complexity index is 778. The van der Waals surface area contributed by atoms with Gasteiger partial charge in [0.25, 0.3) is 0 Å². The molecule has 2 aromatic rings. The van der Waals surface area contributed by atoms with Crippen LogP contribution in [0.15, 0.2) is 23.5 Å². The number of halogens is 3. The summed E-state index contributed by atoms with van der Waals surface area (Å²) in [6.07, 6.45) is 1.46. The third-order valence-electron chi connectivity index (χ3n) is 2.93. The van der Waals surface area contributed by atoms with E-state index < -0.39 is 34.6 Å². The number of pyridine rings is 1. The number of nitrogens with one attached hydrogen (secondary N) is 1. The molecule has 1 aromatic carbocycles. The van der Waals surface area contributed by atoms with Crippen LogP contribution in [0.4, 0.5) is 24.7 Å². The Balaban J connectivity index is 2.60. The molecule has 8 heteroatoms. The molecular formula is C14H10F3N3O2. The first-order valence-corrected chi connectivity index (χ1v) is 6.10. The Morgan fingerprint density at radius 1 is 1.18 bits per heavy atom. The van der Waals surface area contributed by atoms with Gasteiger partial charge in [-0.05, 0) is 31.0 Å². The molecule has 0 spiro atoms. The number of anilines is 2. The van der Waals surface area contributed by atoms with Gasteiger partial charge in [-0.2, -0.15) is 0 Å². The molecule has 0 saturated heterocycles. The van der Waals surface area contributed by atoms with Crippen LogP contribution in [0.2, 0.25) is 0 Å². The van der Waals surface area contributed by atoms with E-state index in [4.69, 9.17) is 0 Å². The molecule has 0 atom stereocenters. The first-order chi connectivity index (χ1) is 10.3. The van der Waals surface area contributed by atoms with Gasteiger partial charge >= 0.3 is 5.91 Å². The number of amides is 1. The Labute approximate surface area is 123 Å². The molecule has 0 aliphatic rings. The fourth-order valence-electron chi connectivity index (χ4n) is 1.90. The van der Waals surface area contributed by atoms with E-state index in [1.807, 2.05) is 0 Å². The number of benzene rings is 1. The summed E-state index contributed by atoms with van der Waals surface area (Å²) < 4.78 is 40.5. The number of hydrogen-bond donors (Lipinski definition) is 1. The molecule has 5 nitrogen and oxygen atoms in total. The Morgan fingerprint density at radius 3 is 2.45 bits per heavy atom. The van der Waals surface area contributed by atoms with E-state index in [0.29, 0.717) is 11.6 Å². The van der Waals surface area contributed by atoms with Gasteiger partial charge in [0, 0.05) is 11.4 Å². The lowest BCUT2D eigenvalue weighted by Crippen LogP contribution is -2.09. The Hall–Kier alpha value is -2.77. The first-order valence-electron chi connectivity index (χ1n) is 6.10. The van der Waals surface area contributed by atoms with Crippen LogP contribution in [0.5, 0.6) is 0 Å². The van der Waals surface area contributed by atoms with E-state index in [2.05, 4.69) is 15.5 Å². The van der Waals surface area contributed by atoms with Crippen molar-refractivity contribution >= 4 is 17.4 Å². The predicted molar refractivity (Wildman–Crippen MR) is 73.4 cm³/mol. The summed E-state index contributed by atoms with van der Waals surface area (Å²) in [7, 11) is 0. The number of aryl methyl sites for hydroxylation is 2. The molecular weight excluding hydrogens is 299 g/mol. The van der Waals surface area contributed by atoms with Crippen molar-refractivity contribution in [3.8, 4) is 0 Å². The zero-order chi connectivity index (χ0) is 16.4. The van der Waals surface area contributed by atoms with Gasteiger partial charge in [0.1, 0.15) is 5.82 Å². The molecule has 1 heterocycles. The van der Waals surface area contributed by atoms with E-state index in [-0.39, 0.29) is 5.82 Å². The Kier molecular flexibility index (Phi) is 4.20. The second-order valence-electron chi connectivity index (χ2n) is 4.61. The highest BCUT2D eigenvalue weighted by atomic mass is 19.2. The maximum atomic E-state index is 13.9. The third kappa shape index (κ3) is 2.80. The van der Waals surface area contributed by atoms with Gasteiger partial charge in [-0.1, -0.05) is 6.07 Å². The van der Waals surface area contributed by atoms with Gasteiger partial charge in [0.2, 0.25) is 0 Å². The number of carbonyl (C=O) groups is 1. The summed E-state index contributed by atoms with van der Waals surface area (Å²) in [5, 5.41) is 4.51. The minimum absolute atomic E-state index is 0.135. The van der Waals surface area contributed by atoms with Crippen molar-refractivity contribution in [1.29, 1.82) is 0 Å². The lowest BCUT2D eigenvalue weighted by atomic mass is 10.1. The maximum absolute atomic E-state index is 13.9. The molecule has 0 saturated carbocycles. The number of hydrogen-bond acceptors (Lipinski definition) is 4. The van der Waals surface area contributed by atoms with Crippen molar-refractivity contribution in [2.75, 3.05) is 5.32 Å². The van der Waals surface area contributed by atoms with Gasteiger partial charge in [-0.15, -0.1) is 4.91 Å². The average Bonchev–Trinajstić information content (AvgIpc) is 2.49. The third-order valence-corrected chi connectivity index (χ3v) is 2.93. The number of carbonyl (C=O) groups excluding carboxylic acids is 1. The summed E-state index contributed by atoms with van der Waals surface area (Å²) in [6, 6.07) is 2.13. The van der Waals surface area contributed by atoms with Crippen LogP contribution >= 0.6 is 0 Å². The smallest absolute Gasteiger partial charge is 0.319 e. The van der Waals surface area contributed by atoms with Crippen LogP contribution in [-0.2, 0) is 0 Å².